The molecule has 90 valence electrons. The van der Waals surface area contributed by atoms with Crippen LogP contribution >= 0.6 is 0 Å². The first-order valence-corrected chi connectivity index (χ1v) is 5.92. The Morgan fingerprint density at radius 2 is 2.00 bits per heavy atom. The van der Waals surface area contributed by atoms with E-state index >= 15 is 0 Å². The second-order valence-electron chi connectivity index (χ2n) is 4.51. The van der Waals surface area contributed by atoms with E-state index in [9.17, 15) is 9.59 Å². The van der Waals surface area contributed by atoms with E-state index in [0.717, 1.165) is 28.7 Å². The third kappa shape index (κ3) is 1.59. The van der Waals surface area contributed by atoms with Crippen LogP contribution in [0.25, 0.3) is 11.1 Å². The summed E-state index contributed by atoms with van der Waals surface area (Å²) in [5.74, 6) is 0.487. The Kier molecular flexibility index (Phi) is 2.40. The van der Waals surface area contributed by atoms with Crippen LogP contribution in [-0.2, 0) is 6.42 Å². The van der Waals surface area contributed by atoms with Gasteiger partial charge in [0, 0.05) is 24.5 Å². The molecule has 1 aromatic heterocycles. The molecular formula is C15H12O3. The fraction of sp³-hybridized carbons (Fsp3) is 0.200. The van der Waals surface area contributed by atoms with Crippen LogP contribution in [0.2, 0.25) is 0 Å². The monoisotopic (exact) mass is 240 g/mol. The molecule has 0 fully saturated rings. The number of rotatable bonds is 2. The highest BCUT2D eigenvalue weighted by Gasteiger charge is 2.21. The SMILES string of the molecule is CC(=O)c1occc1-c1ccc2c(c1)CCC2=O. The molecule has 0 saturated carbocycles. The predicted molar refractivity (Wildman–Crippen MR) is 66.8 cm³/mol. The zero-order chi connectivity index (χ0) is 12.7. The minimum absolute atomic E-state index is 0.0911. The number of fused-ring (bicyclic) bond motifs is 1. The topological polar surface area (TPSA) is 47.3 Å². The van der Waals surface area contributed by atoms with Crippen molar-refractivity contribution in [2.45, 2.75) is 19.8 Å². The van der Waals surface area contributed by atoms with Gasteiger partial charge in [-0.25, -0.2) is 0 Å². The van der Waals surface area contributed by atoms with Gasteiger partial charge in [0.05, 0.1) is 6.26 Å². The van der Waals surface area contributed by atoms with Gasteiger partial charge in [-0.15, -0.1) is 0 Å². The quantitative estimate of drug-likeness (QED) is 0.757. The molecule has 0 saturated heterocycles. The van der Waals surface area contributed by atoms with Gasteiger partial charge < -0.3 is 4.42 Å². The Morgan fingerprint density at radius 1 is 1.17 bits per heavy atom. The fourth-order valence-corrected chi connectivity index (χ4v) is 2.43. The van der Waals surface area contributed by atoms with Crippen molar-refractivity contribution in [1.82, 2.24) is 0 Å². The predicted octanol–water partition coefficient (Wildman–Crippen LogP) is 3.28. The Bertz CT molecular complexity index is 650. The van der Waals surface area contributed by atoms with Gasteiger partial charge in [0.15, 0.2) is 17.3 Å². The van der Waals surface area contributed by atoms with Gasteiger partial charge >= 0.3 is 0 Å². The Labute approximate surface area is 104 Å². The molecule has 18 heavy (non-hydrogen) atoms. The number of hydrogen-bond acceptors (Lipinski definition) is 3. The van der Waals surface area contributed by atoms with E-state index in [2.05, 4.69) is 0 Å². The van der Waals surface area contributed by atoms with Crippen molar-refractivity contribution in [3.05, 3.63) is 47.4 Å². The van der Waals surface area contributed by atoms with E-state index in [0.29, 0.717) is 12.2 Å². The molecule has 0 atom stereocenters. The zero-order valence-electron chi connectivity index (χ0n) is 10.0. The van der Waals surface area contributed by atoms with Crippen molar-refractivity contribution < 1.29 is 14.0 Å². The van der Waals surface area contributed by atoms with Crippen LogP contribution < -0.4 is 0 Å². The molecule has 1 heterocycles. The van der Waals surface area contributed by atoms with Gasteiger partial charge in [-0.05, 0) is 23.6 Å². The number of Topliss-reactive ketones (excluding diaryl/α,β-unsaturated/α-hetero) is 2. The van der Waals surface area contributed by atoms with E-state index < -0.39 is 0 Å². The van der Waals surface area contributed by atoms with Crippen LogP contribution in [0.4, 0.5) is 0 Å². The van der Waals surface area contributed by atoms with Crippen molar-refractivity contribution in [1.29, 1.82) is 0 Å². The number of benzene rings is 1. The molecule has 0 N–H and O–H groups in total. The van der Waals surface area contributed by atoms with Gasteiger partial charge in [-0.2, -0.15) is 0 Å². The molecule has 2 aromatic rings. The highest BCUT2D eigenvalue weighted by molar-refractivity contribution is 6.02. The molecular weight excluding hydrogens is 228 g/mol. The van der Waals surface area contributed by atoms with Crippen molar-refractivity contribution in [3.8, 4) is 11.1 Å². The first kappa shape index (κ1) is 11.0. The summed E-state index contributed by atoms with van der Waals surface area (Å²) in [5, 5.41) is 0. The van der Waals surface area contributed by atoms with Gasteiger partial charge in [-0.1, -0.05) is 18.2 Å². The first-order chi connectivity index (χ1) is 8.66. The van der Waals surface area contributed by atoms with Gasteiger partial charge in [0.2, 0.25) is 0 Å². The second kappa shape index (κ2) is 3.95. The Balaban J connectivity index is 2.11. The van der Waals surface area contributed by atoms with E-state index in [4.69, 9.17) is 4.42 Å². The Morgan fingerprint density at radius 3 is 2.78 bits per heavy atom. The average Bonchev–Trinajstić information content (AvgIpc) is 2.96. The molecule has 3 rings (SSSR count). The number of carbonyl (C=O) groups is 2. The van der Waals surface area contributed by atoms with Gasteiger partial charge in [0.1, 0.15) is 0 Å². The number of furan rings is 1. The molecule has 3 heteroatoms. The van der Waals surface area contributed by atoms with E-state index in [1.54, 1.807) is 6.07 Å². The molecule has 0 radical (unpaired) electrons. The summed E-state index contributed by atoms with van der Waals surface area (Å²) in [6.45, 7) is 1.49. The molecule has 0 amide bonds. The second-order valence-corrected chi connectivity index (χ2v) is 4.51. The first-order valence-electron chi connectivity index (χ1n) is 5.92. The maximum atomic E-state index is 11.6. The lowest BCUT2D eigenvalue weighted by Crippen LogP contribution is -1.94. The van der Waals surface area contributed by atoms with Crippen LogP contribution in [0, 0.1) is 0 Å². The molecule has 1 aliphatic rings. The molecule has 3 nitrogen and oxygen atoms in total. The molecule has 1 aliphatic carbocycles. The van der Waals surface area contributed by atoms with Crippen molar-refractivity contribution in [2.24, 2.45) is 0 Å². The van der Waals surface area contributed by atoms with Crippen molar-refractivity contribution >= 4 is 11.6 Å². The fourth-order valence-electron chi connectivity index (χ4n) is 2.43. The lowest BCUT2D eigenvalue weighted by molar-refractivity contribution is 0.0982. The summed E-state index contributed by atoms with van der Waals surface area (Å²) in [6.07, 6.45) is 2.89. The lowest BCUT2D eigenvalue weighted by Gasteiger charge is -2.03. The maximum absolute atomic E-state index is 11.6. The molecule has 0 aliphatic heterocycles. The smallest absolute Gasteiger partial charge is 0.195 e. The van der Waals surface area contributed by atoms with Gasteiger partial charge in [0.25, 0.3) is 0 Å². The van der Waals surface area contributed by atoms with E-state index in [1.165, 1.54) is 13.2 Å². The zero-order valence-corrected chi connectivity index (χ0v) is 10.0. The number of carbonyl (C=O) groups excluding carboxylic acids is 2. The van der Waals surface area contributed by atoms with Crippen molar-refractivity contribution in [3.63, 3.8) is 0 Å². The van der Waals surface area contributed by atoms with Crippen molar-refractivity contribution in [2.75, 3.05) is 0 Å². The number of aryl methyl sites for hydroxylation is 1. The molecule has 0 unspecified atom stereocenters. The highest BCUT2D eigenvalue weighted by atomic mass is 16.3. The summed E-state index contributed by atoms with van der Waals surface area (Å²) in [5.41, 5.74) is 3.60. The number of hydrogen-bond donors (Lipinski definition) is 0. The minimum Gasteiger partial charge on any atom is -0.461 e. The molecule has 1 aromatic carbocycles. The molecule has 0 bridgehead atoms. The maximum Gasteiger partial charge on any atom is 0.195 e. The van der Waals surface area contributed by atoms with Crippen LogP contribution in [0.1, 0.15) is 39.8 Å². The van der Waals surface area contributed by atoms with Crippen LogP contribution in [-0.4, -0.2) is 11.6 Å². The normalized spacial score (nSPS) is 13.7. The van der Waals surface area contributed by atoms with E-state index in [1.807, 2.05) is 18.2 Å². The lowest BCUT2D eigenvalue weighted by atomic mass is 10.00. The molecule has 0 spiro atoms. The van der Waals surface area contributed by atoms with E-state index in [-0.39, 0.29) is 11.6 Å². The van der Waals surface area contributed by atoms with Crippen LogP contribution in [0.3, 0.4) is 0 Å². The summed E-state index contributed by atoms with van der Waals surface area (Å²) in [7, 11) is 0. The average molecular weight is 240 g/mol. The minimum atomic E-state index is -0.0911. The third-order valence-electron chi connectivity index (χ3n) is 3.32. The summed E-state index contributed by atoms with van der Waals surface area (Å²) >= 11 is 0. The largest absolute Gasteiger partial charge is 0.461 e. The standard InChI is InChI=1S/C15H12O3/c1-9(16)15-13(6-7-18-15)11-2-4-12-10(8-11)3-5-14(12)17/h2,4,6-8H,3,5H2,1H3. The van der Waals surface area contributed by atoms with Crippen LogP contribution in [0.15, 0.2) is 34.9 Å². The number of ketones is 2. The summed E-state index contributed by atoms with van der Waals surface area (Å²) < 4.78 is 5.20. The Hall–Kier alpha value is -2.16. The van der Waals surface area contributed by atoms with Crippen LogP contribution in [0.5, 0.6) is 0 Å². The van der Waals surface area contributed by atoms with Gasteiger partial charge in [-0.3, -0.25) is 9.59 Å². The third-order valence-corrected chi connectivity index (χ3v) is 3.32. The summed E-state index contributed by atoms with van der Waals surface area (Å²) in [6, 6.07) is 7.49. The highest BCUT2D eigenvalue weighted by Crippen LogP contribution is 2.30. The summed E-state index contributed by atoms with van der Waals surface area (Å²) in [4.78, 5) is 23.0.